The fourth-order valence-electron chi connectivity index (χ4n) is 2.25. The number of nitrogens with zero attached hydrogens (tertiary/aromatic N) is 2. The number of benzene rings is 1. The van der Waals surface area contributed by atoms with Crippen LogP contribution in [0.4, 0.5) is 10.1 Å². The van der Waals surface area contributed by atoms with E-state index >= 15 is 0 Å². The number of anilines is 1. The summed E-state index contributed by atoms with van der Waals surface area (Å²) in [4.78, 5) is 20.4. The number of carbonyl (C=O) groups excluding carboxylic acids is 1. The van der Waals surface area contributed by atoms with Gasteiger partial charge in [0.1, 0.15) is 11.5 Å². The van der Waals surface area contributed by atoms with E-state index in [1.54, 1.807) is 42.9 Å². The average molecular weight is 336 g/mol. The van der Waals surface area contributed by atoms with Gasteiger partial charge in [-0.25, -0.2) is 4.39 Å². The first-order chi connectivity index (χ1) is 12.2. The molecule has 0 atom stereocenters. The van der Waals surface area contributed by atoms with E-state index in [-0.39, 0.29) is 11.7 Å². The predicted octanol–water partition coefficient (Wildman–Crippen LogP) is 3.16. The van der Waals surface area contributed by atoms with E-state index in [0.717, 1.165) is 16.8 Å². The third-order valence-corrected chi connectivity index (χ3v) is 3.58. The van der Waals surface area contributed by atoms with Crippen LogP contribution in [-0.2, 0) is 13.1 Å². The molecule has 0 radical (unpaired) electrons. The Hall–Kier alpha value is -3.28. The Bertz CT molecular complexity index is 838. The Balaban J connectivity index is 1.58. The fourth-order valence-corrected chi connectivity index (χ4v) is 2.25. The quantitative estimate of drug-likeness (QED) is 0.726. The molecule has 0 fully saturated rings. The molecule has 3 rings (SSSR count). The van der Waals surface area contributed by atoms with Crippen LogP contribution in [0.15, 0.2) is 67.1 Å². The molecule has 126 valence electrons. The second kappa shape index (κ2) is 8.01. The van der Waals surface area contributed by atoms with E-state index in [1.165, 1.54) is 12.1 Å². The lowest BCUT2D eigenvalue weighted by atomic mass is 10.2. The highest BCUT2D eigenvalue weighted by molar-refractivity contribution is 5.93. The lowest BCUT2D eigenvalue weighted by Gasteiger charge is -2.08. The highest BCUT2D eigenvalue weighted by Crippen LogP contribution is 2.10. The highest BCUT2D eigenvalue weighted by Gasteiger charge is 2.08. The molecule has 2 heterocycles. The molecule has 0 aliphatic rings. The van der Waals surface area contributed by atoms with Crippen molar-refractivity contribution in [2.24, 2.45) is 0 Å². The molecule has 6 heteroatoms. The summed E-state index contributed by atoms with van der Waals surface area (Å²) in [6, 6.07) is 13.3. The number of carbonyl (C=O) groups is 1. The third kappa shape index (κ3) is 4.84. The van der Waals surface area contributed by atoms with E-state index in [9.17, 15) is 9.18 Å². The number of aromatic nitrogens is 2. The summed E-state index contributed by atoms with van der Waals surface area (Å²) in [5.74, 6) is -0.585. The molecule has 1 amide bonds. The van der Waals surface area contributed by atoms with Gasteiger partial charge in [0, 0.05) is 37.4 Å². The Morgan fingerprint density at radius 2 is 1.84 bits per heavy atom. The van der Waals surface area contributed by atoms with Crippen molar-refractivity contribution in [2.75, 3.05) is 5.32 Å². The van der Waals surface area contributed by atoms with Crippen LogP contribution in [0.5, 0.6) is 0 Å². The van der Waals surface area contributed by atoms with Gasteiger partial charge in [-0.1, -0.05) is 18.2 Å². The fraction of sp³-hybridized carbons (Fsp3) is 0.105. The molecule has 0 aliphatic heterocycles. The van der Waals surface area contributed by atoms with E-state index in [4.69, 9.17) is 0 Å². The van der Waals surface area contributed by atoms with Crippen molar-refractivity contribution in [3.8, 4) is 0 Å². The molecular formula is C19H17FN4O. The largest absolute Gasteiger partial charge is 0.381 e. The van der Waals surface area contributed by atoms with Gasteiger partial charge in [0.25, 0.3) is 5.91 Å². The van der Waals surface area contributed by atoms with Crippen molar-refractivity contribution in [1.29, 1.82) is 0 Å². The number of nitrogens with one attached hydrogen (secondary N) is 2. The summed E-state index contributed by atoms with van der Waals surface area (Å²) in [7, 11) is 0. The smallest absolute Gasteiger partial charge is 0.270 e. The van der Waals surface area contributed by atoms with Crippen LogP contribution >= 0.6 is 0 Å². The molecule has 1 aromatic carbocycles. The standard InChI is InChI=1S/C19H17FN4O/c20-16-5-3-14(4-6-16)12-24-19(25)18-10-17(7-9-22-18)23-13-15-2-1-8-21-11-15/h1-11H,12-13H2,(H,22,23)(H,24,25). The Labute approximate surface area is 145 Å². The van der Waals surface area contributed by atoms with Gasteiger partial charge in [0.15, 0.2) is 0 Å². The first kappa shape index (κ1) is 16.6. The van der Waals surface area contributed by atoms with E-state index < -0.39 is 0 Å². The van der Waals surface area contributed by atoms with Crippen molar-refractivity contribution >= 4 is 11.6 Å². The van der Waals surface area contributed by atoms with Crippen molar-refractivity contribution in [3.05, 3.63) is 89.8 Å². The summed E-state index contributed by atoms with van der Waals surface area (Å²) in [5.41, 5.74) is 2.98. The summed E-state index contributed by atoms with van der Waals surface area (Å²) in [6.45, 7) is 0.919. The van der Waals surface area contributed by atoms with Gasteiger partial charge >= 0.3 is 0 Å². The summed E-state index contributed by atoms with van der Waals surface area (Å²) in [6.07, 6.45) is 5.09. The Morgan fingerprint density at radius 3 is 2.60 bits per heavy atom. The minimum atomic E-state index is -0.302. The van der Waals surface area contributed by atoms with Gasteiger partial charge in [0.05, 0.1) is 0 Å². The van der Waals surface area contributed by atoms with Crippen molar-refractivity contribution < 1.29 is 9.18 Å². The summed E-state index contributed by atoms with van der Waals surface area (Å²) < 4.78 is 12.9. The van der Waals surface area contributed by atoms with Gasteiger partial charge in [-0.2, -0.15) is 0 Å². The number of rotatable bonds is 6. The minimum absolute atomic E-state index is 0.283. The monoisotopic (exact) mass is 336 g/mol. The van der Waals surface area contributed by atoms with Crippen molar-refractivity contribution in [1.82, 2.24) is 15.3 Å². The zero-order chi connectivity index (χ0) is 17.5. The maximum Gasteiger partial charge on any atom is 0.270 e. The topological polar surface area (TPSA) is 66.9 Å². The molecule has 3 aromatic rings. The number of hydrogen-bond donors (Lipinski definition) is 2. The average Bonchev–Trinajstić information content (AvgIpc) is 2.67. The van der Waals surface area contributed by atoms with Gasteiger partial charge < -0.3 is 10.6 Å². The number of amides is 1. The molecule has 0 spiro atoms. The molecule has 0 bridgehead atoms. The van der Waals surface area contributed by atoms with Gasteiger partial charge in [-0.05, 0) is 41.5 Å². The molecule has 0 unspecified atom stereocenters. The second-order valence-electron chi connectivity index (χ2n) is 5.45. The molecular weight excluding hydrogens is 319 g/mol. The lowest BCUT2D eigenvalue weighted by molar-refractivity contribution is 0.0946. The first-order valence-electron chi connectivity index (χ1n) is 7.82. The number of hydrogen-bond acceptors (Lipinski definition) is 4. The zero-order valence-electron chi connectivity index (χ0n) is 13.4. The van der Waals surface area contributed by atoms with E-state index in [2.05, 4.69) is 20.6 Å². The van der Waals surface area contributed by atoms with Gasteiger partial charge in [-0.3, -0.25) is 14.8 Å². The molecule has 0 aliphatic carbocycles. The van der Waals surface area contributed by atoms with Crippen LogP contribution in [-0.4, -0.2) is 15.9 Å². The molecule has 2 aromatic heterocycles. The summed E-state index contributed by atoms with van der Waals surface area (Å²) in [5, 5.41) is 6.01. The Morgan fingerprint density at radius 1 is 1.00 bits per heavy atom. The van der Waals surface area contributed by atoms with Crippen LogP contribution in [0.25, 0.3) is 0 Å². The number of pyridine rings is 2. The molecule has 25 heavy (non-hydrogen) atoms. The first-order valence-corrected chi connectivity index (χ1v) is 7.82. The molecule has 2 N–H and O–H groups in total. The van der Waals surface area contributed by atoms with Crippen molar-refractivity contribution in [3.63, 3.8) is 0 Å². The summed E-state index contributed by atoms with van der Waals surface area (Å²) >= 11 is 0. The molecule has 0 saturated heterocycles. The second-order valence-corrected chi connectivity index (χ2v) is 5.45. The highest BCUT2D eigenvalue weighted by atomic mass is 19.1. The van der Waals surface area contributed by atoms with E-state index in [1.807, 2.05) is 12.1 Å². The Kier molecular flexibility index (Phi) is 5.31. The minimum Gasteiger partial charge on any atom is -0.381 e. The van der Waals surface area contributed by atoms with Gasteiger partial charge in [0.2, 0.25) is 0 Å². The van der Waals surface area contributed by atoms with E-state index in [0.29, 0.717) is 18.8 Å². The van der Waals surface area contributed by atoms with Crippen LogP contribution in [0, 0.1) is 5.82 Å². The van der Waals surface area contributed by atoms with Crippen LogP contribution in [0.3, 0.4) is 0 Å². The van der Waals surface area contributed by atoms with Crippen molar-refractivity contribution in [2.45, 2.75) is 13.1 Å². The molecule has 5 nitrogen and oxygen atoms in total. The maximum absolute atomic E-state index is 12.9. The van der Waals surface area contributed by atoms with Gasteiger partial charge in [-0.15, -0.1) is 0 Å². The van der Waals surface area contributed by atoms with Crippen LogP contribution in [0.2, 0.25) is 0 Å². The lowest BCUT2D eigenvalue weighted by Crippen LogP contribution is -2.23. The SMILES string of the molecule is O=C(NCc1ccc(F)cc1)c1cc(NCc2cccnc2)ccn1. The number of halogens is 1. The third-order valence-electron chi connectivity index (χ3n) is 3.58. The molecule has 0 saturated carbocycles. The predicted molar refractivity (Wildman–Crippen MR) is 93.4 cm³/mol. The van der Waals surface area contributed by atoms with Crippen LogP contribution < -0.4 is 10.6 Å². The maximum atomic E-state index is 12.9. The van der Waals surface area contributed by atoms with Crippen LogP contribution in [0.1, 0.15) is 21.6 Å². The zero-order valence-corrected chi connectivity index (χ0v) is 13.4. The normalized spacial score (nSPS) is 10.3.